The van der Waals surface area contributed by atoms with Crippen molar-refractivity contribution in [3.8, 4) is 0 Å². The third kappa shape index (κ3) is 3.55. The van der Waals surface area contributed by atoms with Gasteiger partial charge in [0.25, 0.3) is 0 Å². The third-order valence-corrected chi connectivity index (χ3v) is 6.18. The number of nitrogens with one attached hydrogen (secondary N) is 1. The zero-order valence-electron chi connectivity index (χ0n) is 11.6. The van der Waals surface area contributed by atoms with Crippen LogP contribution in [0.2, 0.25) is 0 Å². The van der Waals surface area contributed by atoms with Crippen LogP contribution in [0.25, 0.3) is 0 Å². The maximum Gasteiger partial charge on any atom is 0.241 e. The third-order valence-electron chi connectivity index (χ3n) is 3.47. The minimum Gasteiger partial charge on any atom is -0.273 e. The molecule has 1 N–H and O–H groups in total. The van der Waals surface area contributed by atoms with E-state index in [2.05, 4.69) is 4.72 Å². The molecule has 0 saturated heterocycles. The molecular weight excluding hydrogens is 294 g/mol. The van der Waals surface area contributed by atoms with E-state index in [-0.39, 0.29) is 17.6 Å². The highest BCUT2D eigenvalue weighted by molar-refractivity contribution is 7.99. The summed E-state index contributed by atoms with van der Waals surface area (Å²) in [5.74, 6) is -0.139. The Hall–Kier alpha value is -1.01. The number of thioether (sulfide) groups is 1. The van der Waals surface area contributed by atoms with Crippen molar-refractivity contribution in [1.82, 2.24) is 4.72 Å². The first kappa shape index (κ1) is 15.4. The predicted molar refractivity (Wildman–Crippen MR) is 81.3 cm³/mol. The molecule has 0 saturated carbocycles. The average Bonchev–Trinajstić information content (AvgIpc) is 2.81. The molecule has 1 heterocycles. The minimum atomic E-state index is -3.54. The largest absolute Gasteiger partial charge is 0.273 e. The Labute approximate surface area is 124 Å². The van der Waals surface area contributed by atoms with E-state index in [9.17, 15) is 13.2 Å². The first-order chi connectivity index (χ1) is 9.43. The van der Waals surface area contributed by atoms with Gasteiger partial charge in [0.1, 0.15) is 0 Å². The molecule has 0 radical (unpaired) electrons. The number of hydrogen-bond acceptors (Lipinski definition) is 4. The second-order valence-electron chi connectivity index (χ2n) is 5.16. The Bertz CT molecular complexity index is 598. The fourth-order valence-electron chi connectivity index (χ4n) is 2.14. The normalized spacial score (nSPS) is 19.4. The van der Waals surface area contributed by atoms with E-state index in [1.54, 1.807) is 11.8 Å². The summed E-state index contributed by atoms with van der Waals surface area (Å²) >= 11 is 1.59. The van der Waals surface area contributed by atoms with Crippen LogP contribution in [0.1, 0.15) is 31.7 Å². The Morgan fingerprint density at radius 2 is 2.15 bits per heavy atom. The van der Waals surface area contributed by atoms with E-state index in [1.807, 2.05) is 38.1 Å². The van der Waals surface area contributed by atoms with Crippen molar-refractivity contribution >= 4 is 27.7 Å². The number of carbonyl (C=O) groups excluding carboxylic acids is 1. The van der Waals surface area contributed by atoms with Gasteiger partial charge >= 0.3 is 0 Å². The van der Waals surface area contributed by atoms with E-state index in [0.29, 0.717) is 5.75 Å². The highest BCUT2D eigenvalue weighted by atomic mass is 32.2. The van der Waals surface area contributed by atoms with Crippen LogP contribution in [-0.2, 0) is 14.8 Å². The van der Waals surface area contributed by atoms with Gasteiger partial charge in [0.05, 0.1) is 11.7 Å². The first-order valence-corrected chi connectivity index (χ1v) is 9.32. The van der Waals surface area contributed by atoms with Crippen LogP contribution in [0.4, 0.5) is 0 Å². The van der Waals surface area contributed by atoms with Gasteiger partial charge in [-0.05, 0) is 17.5 Å². The quantitative estimate of drug-likeness (QED) is 0.906. The Morgan fingerprint density at radius 1 is 1.45 bits per heavy atom. The standard InChI is InChI=1S/C14H19NO3S2/c1-3-10(2)9-20(17,18)15-14(16)12-8-19-13-7-5-4-6-11(12)13/h4-7,10,12H,3,8-9H2,1-2H3,(H,15,16)/t10-,12-/m1/s1. The van der Waals surface area contributed by atoms with Gasteiger partial charge in [-0.15, -0.1) is 11.8 Å². The molecule has 110 valence electrons. The van der Waals surface area contributed by atoms with Gasteiger partial charge in [0, 0.05) is 10.6 Å². The van der Waals surface area contributed by atoms with Crippen LogP contribution < -0.4 is 4.72 Å². The lowest BCUT2D eigenvalue weighted by molar-refractivity contribution is -0.120. The number of rotatable bonds is 5. The summed E-state index contributed by atoms with van der Waals surface area (Å²) in [5, 5.41) is 0. The van der Waals surface area contributed by atoms with Crippen LogP contribution >= 0.6 is 11.8 Å². The molecule has 1 aliphatic rings. The van der Waals surface area contributed by atoms with Gasteiger partial charge in [0.2, 0.25) is 15.9 Å². The number of hydrogen-bond donors (Lipinski definition) is 1. The maximum atomic E-state index is 12.2. The molecule has 4 nitrogen and oxygen atoms in total. The summed E-state index contributed by atoms with van der Waals surface area (Å²) in [4.78, 5) is 13.3. The SMILES string of the molecule is CC[C@@H](C)CS(=O)(=O)NC(=O)[C@@H]1CSc2ccccc21. The molecule has 0 spiro atoms. The van der Waals surface area contributed by atoms with E-state index in [4.69, 9.17) is 0 Å². The summed E-state index contributed by atoms with van der Waals surface area (Å²) < 4.78 is 26.1. The van der Waals surface area contributed by atoms with E-state index in [1.165, 1.54) is 0 Å². The summed E-state index contributed by atoms with van der Waals surface area (Å²) in [6.07, 6.45) is 0.775. The Balaban J connectivity index is 2.07. The molecule has 1 amide bonds. The zero-order chi connectivity index (χ0) is 14.8. The van der Waals surface area contributed by atoms with Crippen LogP contribution in [0.3, 0.4) is 0 Å². The number of benzene rings is 1. The summed E-state index contributed by atoms with van der Waals surface area (Å²) in [5.41, 5.74) is 0.925. The lowest BCUT2D eigenvalue weighted by Crippen LogP contribution is -2.37. The molecule has 20 heavy (non-hydrogen) atoms. The molecule has 0 unspecified atom stereocenters. The molecular formula is C14H19NO3S2. The number of amides is 1. The van der Waals surface area contributed by atoms with Gasteiger partial charge in [0.15, 0.2) is 0 Å². The maximum absolute atomic E-state index is 12.2. The van der Waals surface area contributed by atoms with Gasteiger partial charge in [-0.3, -0.25) is 9.52 Å². The second kappa shape index (κ2) is 6.18. The van der Waals surface area contributed by atoms with Crippen LogP contribution in [0, 0.1) is 5.92 Å². The topological polar surface area (TPSA) is 63.2 Å². The lowest BCUT2D eigenvalue weighted by atomic mass is 10.0. The fourth-order valence-corrected chi connectivity index (χ4v) is 4.88. The first-order valence-electron chi connectivity index (χ1n) is 6.69. The highest BCUT2D eigenvalue weighted by Gasteiger charge is 2.31. The summed E-state index contributed by atoms with van der Waals surface area (Å²) in [6, 6.07) is 7.65. The van der Waals surface area contributed by atoms with Crippen molar-refractivity contribution in [2.24, 2.45) is 5.92 Å². The van der Waals surface area contributed by atoms with Gasteiger partial charge in [-0.25, -0.2) is 8.42 Å². The molecule has 1 aromatic rings. The molecule has 1 aromatic carbocycles. The van der Waals surface area contributed by atoms with E-state index >= 15 is 0 Å². The molecule has 2 atom stereocenters. The molecule has 1 aliphatic heterocycles. The zero-order valence-corrected chi connectivity index (χ0v) is 13.3. The Kier molecular flexibility index (Phi) is 4.75. The van der Waals surface area contributed by atoms with Crippen molar-refractivity contribution in [2.75, 3.05) is 11.5 Å². The molecule has 0 bridgehead atoms. The lowest BCUT2D eigenvalue weighted by Gasteiger charge is -2.14. The second-order valence-corrected chi connectivity index (χ2v) is 7.99. The van der Waals surface area contributed by atoms with Crippen molar-refractivity contribution in [2.45, 2.75) is 31.1 Å². The minimum absolute atomic E-state index is 0.00322. The number of carbonyl (C=O) groups is 1. The molecule has 0 aromatic heterocycles. The van der Waals surface area contributed by atoms with Gasteiger partial charge < -0.3 is 0 Å². The monoisotopic (exact) mass is 313 g/mol. The van der Waals surface area contributed by atoms with Crippen molar-refractivity contribution < 1.29 is 13.2 Å². The molecule has 0 aliphatic carbocycles. The molecule has 2 rings (SSSR count). The Morgan fingerprint density at radius 3 is 2.85 bits per heavy atom. The van der Waals surface area contributed by atoms with Gasteiger partial charge in [-0.1, -0.05) is 38.5 Å². The van der Waals surface area contributed by atoms with Crippen LogP contribution in [-0.4, -0.2) is 25.8 Å². The summed E-state index contributed by atoms with van der Waals surface area (Å²) in [6.45, 7) is 3.80. The molecule has 6 heteroatoms. The number of sulfonamides is 1. The highest BCUT2D eigenvalue weighted by Crippen LogP contribution is 2.39. The smallest absolute Gasteiger partial charge is 0.241 e. The van der Waals surface area contributed by atoms with Crippen LogP contribution in [0.15, 0.2) is 29.2 Å². The van der Waals surface area contributed by atoms with E-state index in [0.717, 1.165) is 16.9 Å². The summed E-state index contributed by atoms with van der Waals surface area (Å²) in [7, 11) is -3.54. The predicted octanol–water partition coefficient (Wildman–Crippen LogP) is 2.37. The van der Waals surface area contributed by atoms with Crippen molar-refractivity contribution in [1.29, 1.82) is 0 Å². The van der Waals surface area contributed by atoms with Crippen molar-refractivity contribution in [3.63, 3.8) is 0 Å². The molecule has 0 fully saturated rings. The van der Waals surface area contributed by atoms with Crippen molar-refractivity contribution in [3.05, 3.63) is 29.8 Å². The number of fused-ring (bicyclic) bond motifs is 1. The van der Waals surface area contributed by atoms with E-state index < -0.39 is 15.9 Å². The average molecular weight is 313 g/mol. The fraction of sp³-hybridized carbons (Fsp3) is 0.500. The van der Waals surface area contributed by atoms with Gasteiger partial charge in [-0.2, -0.15) is 0 Å². The van der Waals surface area contributed by atoms with Crippen LogP contribution in [0.5, 0.6) is 0 Å².